The van der Waals surface area contributed by atoms with Gasteiger partial charge in [0.2, 0.25) is 0 Å². The highest BCUT2D eigenvalue weighted by atomic mass is 15.3. The molecule has 4 heteroatoms. The standard InChI is InChI=1S/C12H16N4/c1-9-5-4-6-13-11(9)7-14-12-8-16(3)15-10(12)2/h4-6,8,14H,7H2,1-3H3. The van der Waals surface area contributed by atoms with Crippen LogP contribution in [-0.4, -0.2) is 14.8 Å². The lowest BCUT2D eigenvalue weighted by Gasteiger charge is -2.06. The molecule has 0 amide bonds. The number of hydrogen-bond donors (Lipinski definition) is 1. The van der Waals surface area contributed by atoms with Crippen LogP contribution >= 0.6 is 0 Å². The lowest BCUT2D eigenvalue weighted by molar-refractivity contribution is 0.756. The lowest BCUT2D eigenvalue weighted by atomic mass is 10.2. The zero-order valence-corrected chi connectivity index (χ0v) is 9.86. The van der Waals surface area contributed by atoms with Crippen LogP contribution < -0.4 is 5.32 Å². The molecule has 0 aromatic carbocycles. The van der Waals surface area contributed by atoms with E-state index in [9.17, 15) is 0 Å². The van der Waals surface area contributed by atoms with Crippen molar-refractivity contribution in [2.75, 3.05) is 5.32 Å². The average Bonchev–Trinajstić information content (AvgIpc) is 2.56. The van der Waals surface area contributed by atoms with E-state index in [1.54, 1.807) is 0 Å². The summed E-state index contributed by atoms with van der Waals surface area (Å²) in [6.45, 7) is 4.80. The van der Waals surface area contributed by atoms with Crippen LogP contribution in [-0.2, 0) is 13.6 Å². The topological polar surface area (TPSA) is 42.7 Å². The second kappa shape index (κ2) is 4.35. The molecular weight excluding hydrogens is 200 g/mol. The lowest BCUT2D eigenvalue weighted by Crippen LogP contribution is -2.03. The van der Waals surface area contributed by atoms with Gasteiger partial charge in [-0.15, -0.1) is 0 Å². The van der Waals surface area contributed by atoms with E-state index in [0.29, 0.717) is 0 Å². The molecule has 0 unspecified atom stereocenters. The van der Waals surface area contributed by atoms with Crippen LogP contribution in [0.15, 0.2) is 24.5 Å². The number of aromatic nitrogens is 3. The second-order valence-electron chi connectivity index (χ2n) is 3.92. The van der Waals surface area contributed by atoms with Crippen molar-refractivity contribution >= 4 is 5.69 Å². The molecule has 2 aromatic heterocycles. The van der Waals surface area contributed by atoms with Gasteiger partial charge >= 0.3 is 0 Å². The third-order valence-electron chi connectivity index (χ3n) is 2.58. The van der Waals surface area contributed by atoms with Gasteiger partial charge in [-0.2, -0.15) is 5.10 Å². The maximum Gasteiger partial charge on any atom is 0.0825 e. The van der Waals surface area contributed by atoms with Gasteiger partial charge < -0.3 is 5.32 Å². The molecule has 0 bridgehead atoms. The Kier molecular flexibility index (Phi) is 2.90. The van der Waals surface area contributed by atoms with Crippen molar-refractivity contribution in [1.29, 1.82) is 0 Å². The molecule has 16 heavy (non-hydrogen) atoms. The van der Waals surface area contributed by atoms with E-state index in [1.165, 1.54) is 5.56 Å². The van der Waals surface area contributed by atoms with E-state index in [4.69, 9.17) is 0 Å². The summed E-state index contributed by atoms with van der Waals surface area (Å²) in [6.07, 6.45) is 3.80. The fraction of sp³-hybridized carbons (Fsp3) is 0.333. The molecule has 0 spiro atoms. The van der Waals surface area contributed by atoms with E-state index in [1.807, 2.05) is 37.1 Å². The maximum atomic E-state index is 4.34. The summed E-state index contributed by atoms with van der Waals surface area (Å²) in [5, 5.41) is 7.62. The number of rotatable bonds is 3. The Morgan fingerprint density at radius 1 is 1.38 bits per heavy atom. The van der Waals surface area contributed by atoms with Gasteiger partial charge in [0, 0.05) is 19.4 Å². The summed E-state index contributed by atoms with van der Waals surface area (Å²) in [5.74, 6) is 0. The minimum absolute atomic E-state index is 0.735. The Morgan fingerprint density at radius 3 is 2.81 bits per heavy atom. The zero-order valence-electron chi connectivity index (χ0n) is 9.86. The molecule has 2 rings (SSSR count). The summed E-state index contributed by atoms with van der Waals surface area (Å²) < 4.78 is 1.81. The van der Waals surface area contributed by atoms with Crippen LogP contribution in [0.1, 0.15) is 17.0 Å². The molecule has 0 atom stereocenters. The highest BCUT2D eigenvalue weighted by molar-refractivity contribution is 5.45. The van der Waals surface area contributed by atoms with E-state index >= 15 is 0 Å². The first kappa shape index (κ1) is 10.7. The summed E-state index contributed by atoms with van der Waals surface area (Å²) in [7, 11) is 1.92. The molecule has 0 saturated heterocycles. The number of hydrogen-bond acceptors (Lipinski definition) is 3. The molecule has 0 aliphatic heterocycles. The number of nitrogens with zero attached hydrogens (tertiary/aromatic N) is 3. The Morgan fingerprint density at radius 2 is 2.19 bits per heavy atom. The molecule has 84 valence electrons. The summed E-state index contributed by atoms with van der Waals surface area (Å²) in [5.41, 5.74) is 4.35. The Balaban J connectivity index is 2.08. The van der Waals surface area contributed by atoms with Gasteiger partial charge in [0.15, 0.2) is 0 Å². The first-order valence-electron chi connectivity index (χ1n) is 5.31. The van der Waals surface area contributed by atoms with Crippen molar-refractivity contribution < 1.29 is 0 Å². The van der Waals surface area contributed by atoms with Crippen molar-refractivity contribution in [3.63, 3.8) is 0 Å². The Labute approximate surface area is 95.3 Å². The molecule has 0 fully saturated rings. The summed E-state index contributed by atoms with van der Waals surface area (Å²) in [6, 6.07) is 4.02. The molecule has 4 nitrogen and oxygen atoms in total. The first-order chi connectivity index (χ1) is 7.66. The third-order valence-corrected chi connectivity index (χ3v) is 2.58. The van der Waals surface area contributed by atoms with Gasteiger partial charge in [-0.25, -0.2) is 0 Å². The Bertz CT molecular complexity index is 488. The van der Waals surface area contributed by atoms with Crippen LogP contribution in [0.2, 0.25) is 0 Å². The largest absolute Gasteiger partial charge is 0.377 e. The van der Waals surface area contributed by atoms with E-state index in [-0.39, 0.29) is 0 Å². The molecule has 0 saturated carbocycles. The SMILES string of the molecule is Cc1cccnc1CNc1cn(C)nc1C. The van der Waals surface area contributed by atoms with Crippen molar-refractivity contribution in [3.8, 4) is 0 Å². The van der Waals surface area contributed by atoms with Crippen LogP contribution in [0, 0.1) is 13.8 Å². The van der Waals surface area contributed by atoms with Crippen molar-refractivity contribution in [2.45, 2.75) is 20.4 Å². The van der Waals surface area contributed by atoms with E-state index in [0.717, 1.165) is 23.6 Å². The number of aryl methyl sites for hydroxylation is 3. The molecule has 0 radical (unpaired) electrons. The minimum Gasteiger partial charge on any atom is -0.377 e. The molecule has 0 aliphatic rings. The molecular formula is C12H16N4. The van der Waals surface area contributed by atoms with Crippen LogP contribution in [0.25, 0.3) is 0 Å². The first-order valence-corrected chi connectivity index (χ1v) is 5.31. The maximum absolute atomic E-state index is 4.34. The van der Waals surface area contributed by atoms with Gasteiger partial charge in [0.05, 0.1) is 23.6 Å². The highest BCUT2D eigenvalue weighted by Crippen LogP contribution is 2.13. The van der Waals surface area contributed by atoms with E-state index < -0.39 is 0 Å². The van der Waals surface area contributed by atoms with Crippen molar-refractivity contribution in [3.05, 3.63) is 41.5 Å². The van der Waals surface area contributed by atoms with Gasteiger partial charge in [-0.1, -0.05) is 6.07 Å². The number of anilines is 1. The number of nitrogens with one attached hydrogen (secondary N) is 1. The quantitative estimate of drug-likeness (QED) is 0.853. The monoisotopic (exact) mass is 216 g/mol. The summed E-state index contributed by atoms with van der Waals surface area (Å²) >= 11 is 0. The van der Waals surface area contributed by atoms with Gasteiger partial charge in [-0.05, 0) is 25.5 Å². The predicted molar refractivity (Wildman–Crippen MR) is 64.2 cm³/mol. The minimum atomic E-state index is 0.735. The van der Waals surface area contributed by atoms with Crippen LogP contribution in [0.4, 0.5) is 5.69 Å². The van der Waals surface area contributed by atoms with Gasteiger partial charge in [0.25, 0.3) is 0 Å². The Hall–Kier alpha value is -1.84. The normalized spacial score (nSPS) is 10.4. The zero-order chi connectivity index (χ0) is 11.5. The van der Waals surface area contributed by atoms with Gasteiger partial charge in [-0.3, -0.25) is 9.67 Å². The second-order valence-corrected chi connectivity index (χ2v) is 3.92. The third kappa shape index (κ3) is 2.21. The van der Waals surface area contributed by atoms with Crippen molar-refractivity contribution in [2.24, 2.45) is 7.05 Å². The summed E-state index contributed by atoms with van der Waals surface area (Å²) in [4.78, 5) is 4.34. The molecule has 2 aromatic rings. The molecule has 0 aliphatic carbocycles. The van der Waals surface area contributed by atoms with Gasteiger partial charge in [0.1, 0.15) is 0 Å². The van der Waals surface area contributed by atoms with Crippen LogP contribution in [0.3, 0.4) is 0 Å². The predicted octanol–water partition coefficient (Wildman–Crippen LogP) is 2.04. The smallest absolute Gasteiger partial charge is 0.0825 e. The number of pyridine rings is 1. The highest BCUT2D eigenvalue weighted by Gasteiger charge is 2.03. The molecule has 1 N–H and O–H groups in total. The van der Waals surface area contributed by atoms with E-state index in [2.05, 4.69) is 28.4 Å². The average molecular weight is 216 g/mol. The fourth-order valence-corrected chi connectivity index (χ4v) is 1.66. The van der Waals surface area contributed by atoms with Crippen LogP contribution in [0.5, 0.6) is 0 Å². The van der Waals surface area contributed by atoms with Crippen molar-refractivity contribution in [1.82, 2.24) is 14.8 Å². The fourth-order valence-electron chi connectivity index (χ4n) is 1.66. The molecule has 2 heterocycles.